The van der Waals surface area contributed by atoms with E-state index in [1.807, 2.05) is 31.2 Å². The van der Waals surface area contributed by atoms with Crippen molar-refractivity contribution in [3.63, 3.8) is 0 Å². The average molecular weight is 673 g/mol. The van der Waals surface area contributed by atoms with Gasteiger partial charge in [0.15, 0.2) is 11.5 Å². The van der Waals surface area contributed by atoms with Crippen molar-refractivity contribution >= 4 is 43.5 Å². The number of hydrogen-bond donors (Lipinski definition) is 1. The van der Waals surface area contributed by atoms with Crippen LogP contribution in [0.2, 0.25) is 0 Å². The lowest BCUT2D eigenvalue weighted by Gasteiger charge is -2.32. The molecule has 0 saturated heterocycles. The molecule has 1 atom stereocenters. The lowest BCUT2D eigenvalue weighted by molar-refractivity contribution is -0.139. The number of rotatable bonds is 12. The fourth-order valence-corrected chi connectivity index (χ4v) is 7.03. The molecule has 0 aliphatic heterocycles. The first-order chi connectivity index (χ1) is 20.5. The number of anilines is 1. The van der Waals surface area contributed by atoms with Gasteiger partial charge in [-0.2, -0.15) is 0 Å². The Labute approximate surface area is 262 Å². The lowest BCUT2D eigenvalue weighted by Crippen LogP contribution is -2.52. The van der Waals surface area contributed by atoms with Gasteiger partial charge in [-0.05, 0) is 68.7 Å². The minimum atomic E-state index is -4.26. The van der Waals surface area contributed by atoms with Crippen molar-refractivity contribution in [1.29, 1.82) is 0 Å². The van der Waals surface area contributed by atoms with E-state index in [1.165, 1.54) is 37.3 Å². The molecule has 3 aromatic rings. The largest absolute Gasteiger partial charge is 0.493 e. The number of methoxy groups -OCH3 is 2. The van der Waals surface area contributed by atoms with E-state index in [4.69, 9.17) is 9.47 Å². The highest BCUT2D eigenvalue weighted by Gasteiger charge is 2.33. The summed E-state index contributed by atoms with van der Waals surface area (Å²) in [6.45, 7) is 3.18. The maximum Gasteiger partial charge on any atom is 0.264 e. The molecule has 1 aliphatic carbocycles. The van der Waals surface area contributed by atoms with E-state index in [-0.39, 0.29) is 29.1 Å². The third kappa shape index (κ3) is 7.88. The number of nitrogens with zero attached hydrogens (tertiary/aromatic N) is 2. The maximum absolute atomic E-state index is 14.2. The first-order valence-electron chi connectivity index (χ1n) is 14.2. The molecular formula is C32H38BrN3O6S. The van der Waals surface area contributed by atoms with Crippen molar-refractivity contribution in [1.82, 2.24) is 10.2 Å². The zero-order valence-electron chi connectivity index (χ0n) is 24.9. The average Bonchev–Trinajstić information content (AvgIpc) is 3.51. The summed E-state index contributed by atoms with van der Waals surface area (Å²) in [6.07, 6.45) is 3.92. The fraction of sp³-hybridized carbons (Fsp3) is 0.375. The summed E-state index contributed by atoms with van der Waals surface area (Å²) in [4.78, 5) is 28.9. The number of aryl methyl sites for hydroxylation is 1. The molecule has 3 aromatic carbocycles. The Morgan fingerprint density at radius 3 is 2.28 bits per heavy atom. The van der Waals surface area contributed by atoms with Crippen LogP contribution in [0.3, 0.4) is 0 Å². The number of benzene rings is 3. The van der Waals surface area contributed by atoms with Gasteiger partial charge in [0.25, 0.3) is 10.0 Å². The van der Waals surface area contributed by atoms with Gasteiger partial charge in [-0.1, -0.05) is 58.6 Å². The highest BCUT2D eigenvalue weighted by atomic mass is 79.9. The molecule has 0 spiro atoms. The van der Waals surface area contributed by atoms with Crippen molar-refractivity contribution in [3.05, 3.63) is 82.3 Å². The smallest absolute Gasteiger partial charge is 0.264 e. The molecule has 230 valence electrons. The van der Waals surface area contributed by atoms with Gasteiger partial charge >= 0.3 is 0 Å². The Balaban J connectivity index is 1.71. The van der Waals surface area contributed by atoms with Crippen molar-refractivity contribution in [2.45, 2.75) is 63.1 Å². The van der Waals surface area contributed by atoms with E-state index in [1.54, 1.807) is 31.2 Å². The molecule has 9 nitrogen and oxygen atoms in total. The minimum Gasteiger partial charge on any atom is -0.493 e. The maximum atomic E-state index is 14.2. The lowest BCUT2D eigenvalue weighted by atomic mass is 10.1. The molecule has 2 amide bonds. The van der Waals surface area contributed by atoms with Gasteiger partial charge in [-0.25, -0.2) is 8.42 Å². The highest BCUT2D eigenvalue weighted by molar-refractivity contribution is 9.10. The third-order valence-corrected chi connectivity index (χ3v) is 9.92. The van der Waals surface area contributed by atoms with Crippen LogP contribution in [0.1, 0.15) is 43.7 Å². The van der Waals surface area contributed by atoms with Gasteiger partial charge in [0.2, 0.25) is 11.8 Å². The number of amides is 2. The molecule has 1 saturated carbocycles. The summed E-state index contributed by atoms with van der Waals surface area (Å²) < 4.78 is 40.8. The standard InChI is InChI=1S/C32H38BrN3O6S/c1-22-12-14-27(15-13-22)36(43(39,40)28-16-17-29(41-3)30(19-28)42-4)21-31(37)35(20-24-8-7-9-25(33)18-24)23(2)32(38)34-26-10-5-6-11-26/h7-9,12-19,23,26H,5-6,10-11,20-21H2,1-4H3,(H,34,38)/t23-/m0/s1. The number of carbonyl (C=O) groups is 2. The van der Waals surface area contributed by atoms with Crippen LogP contribution in [0.5, 0.6) is 11.5 Å². The van der Waals surface area contributed by atoms with Crippen LogP contribution < -0.4 is 19.1 Å². The molecule has 1 aliphatic rings. The second-order valence-corrected chi connectivity index (χ2v) is 13.5. The van der Waals surface area contributed by atoms with E-state index < -0.39 is 28.5 Å². The van der Waals surface area contributed by atoms with E-state index in [2.05, 4.69) is 21.2 Å². The summed E-state index contributed by atoms with van der Waals surface area (Å²) in [5, 5.41) is 3.08. The minimum absolute atomic E-state index is 0.0657. The topological polar surface area (TPSA) is 105 Å². The molecule has 0 heterocycles. The second-order valence-electron chi connectivity index (χ2n) is 10.7. The van der Waals surface area contributed by atoms with Gasteiger partial charge in [-0.3, -0.25) is 13.9 Å². The zero-order valence-corrected chi connectivity index (χ0v) is 27.3. The Morgan fingerprint density at radius 2 is 1.65 bits per heavy atom. The van der Waals surface area contributed by atoms with Crippen LogP contribution >= 0.6 is 15.9 Å². The zero-order chi connectivity index (χ0) is 31.1. The summed E-state index contributed by atoms with van der Waals surface area (Å²) in [7, 11) is -1.37. The first-order valence-corrected chi connectivity index (χ1v) is 16.4. The van der Waals surface area contributed by atoms with Gasteiger partial charge in [0.1, 0.15) is 12.6 Å². The van der Waals surface area contributed by atoms with E-state index in [0.717, 1.165) is 45.6 Å². The molecule has 1 fully saturated rings. The molecule has 0 unspecified atom stereocenters. The molecule has 4 rings (SSSR count). The second kappa shape index (κ2) is 14.3. The summed E-state index contributed by atoms with van der Waals surface area (Å²) in [5.74, 6) is -0.160. The summed E-state index contributed by atoms with van der Waals surface area (Å²) in [5.41, 5.74) is 2.05. The molecule has 0 bridgehead atoms. The number of nitrogens with one attached hydrogen (secondary N) is 1. The monoisotopic (exact) mass is 671 g/mol. The van der Waals surface area contributed by atoms with E-state index in [0.29, 0.717) is 11.4 Å². The quantitative estimate of drug-likeness (QED) is 0.275. The normalized spacial score (nSPS) is 14.2. The Hall–Kier alpha value is -3.57. The van der Waals surface area contributed by atoms with Crippen molar-refractivity contribution < 1.29 is 27.5 Å². The molecule has 43 heavy (non-hydrogen) atoms. The number of ether oxygens (including phenoxy) is 2. The van der Waals surface area contributed by atoms with Crippen LogP contribution in [0, 0.1) is 6.92 Å². The number of hydrogen-bond acceptors (Lipinski definition) is 6. The Morgan fingerprint density at radius 1 is 0.977 bits per heavy atom. The third-order valence-electron chi connectivity index (χ3n) is 7.65. The molecular weight excluding hydrogens is 634 g/mol. The number of carbonyl (C=O) groups excluding carboxylic acids is 2. The molecule has 1 N–H and O–H groups in total. The van der Waals surface area contributed by atoms with Crippen LogP contribution in [0.15, 0.2) is 76.1 Å². The SMILES string of the molecule is COc1ccc(S(=O)(=O)N(CC(=O)N(Cc2cccc(Br)c2)[C@@H](C)C(=O)NC2CCCC2)c2ccc(C)cc2)cc1OC. The number of halogens is 1. The summed E-state index contributed by atoms with van der Waals surface area (Å²) in [6, 6.07) is 17.9. The van der Waals surface area contributed by atoms with Crippen LogP contribution in [0.25, 0.3) is 0 Å². The van der Waals surface area contributed by atoms with Gasteiger partial charge < -0.3 is 19.7 Å². The van der Waals surface area contributed by atoms with E-state index in [9.17, 15) is 18.0 Å². The molecule has 11 heteroatoms. The van der Waals surface area contributed by atoms with Gasteiger partial charge in [-0.15, -0.1) is 0 Å². The Kier molecular flexibility index (Phi) is 10.7. The van der Waals surface area contributed by atoms with Crippen LogP contribution in [-0.4, -0.2) is 58.0 Å². The summed E-state index contributed by atoms with van der Waals surface area (Å²) >= 11 is 3.47. The molecule has 0 radical (unpaired) electrons. The van der Waals surface area contributed by atoms with Gasteiger partial charge in [0, 0.05) is 23.1 Å². The van der Waals surface area contributed by atoms with Gasteiger partial charge in [0.05, 0.1) is 24.8 Å². The first kappa shape index (κ1) is 32.3. The van der Waals surface area contributed by atoms with Crippen molar-refractivity contribution in [2.75, 3.05) is 25.1 Å². The predicted octanol–water partition coefficient (Wildman–Crippen LogP) is 5.45. The van der Waals surface area contributed by atoms with Crippen LogP contribution in [0.4, 0.5) is 5.69 Å². The Bertz CT molecular complexity index is 1540. The fourth-order valence-electron chi connectivity index (χ4n) is 5.15. The van der Waals surface area contributed by atoms with E-state index >= 15 is 0 Å². The van der Waals surface area contributed by atoms with Crippen molar-refractivity contribution in [2.24, 2.45) is 0 Å². The van der Waals surface area contributed by atoms with Crippen molar-refractivity contribution in [3.8, 4) is 11.5 Å². The highest BCUT2D eigenvalue weighted by Crippen LogP contribution is 2.32. The van der Waals surface area contributed by atoms with Crippen LogP contribution in [-0.2, 0) is 26.2 Å². The molecule has 0 aromatic heterocycles. The predicted molar refractivity (Wildman–Crippen MR) is 170 cm³/mol. The number of sulfonamides is 1.